The van der Waals surface area contributed by atoms with Crippen molar-refractivity contribution in [2.45, 2.75) is 19.6 Å². The summed E-state index contributed by atoms with van der Waals surface area (Å²) in [7, 11) is 0. The lowest BCUT2D eigenvalue weighted by molar-refractivity contribution is 0.306. The van der Waals surface area contributed by atoms with Crippen LogP contribution in [0.4, 0.5) is 5.69 Å². The second-order valence-corrected chi connectivity index (χ2v) is 5.26. The minimum absolute atomic E-state index is 0.161. The van der Waals surface area contributed by atoms with Gasteiger partial charge in [0.2, 0.25) is 0 Å². The highest BCUT2D eigenvalue weighted by molar-refractivity contribution is 6.35. The fourth-order valence-corrected chi connectivity index (χ4v) is 2.24. The molecule has 0 amide bonds. The molecule has 0 bridgehead atoms. The van der Waals surface area contributed by atoms with Crippen molar-refractivity contribution < 1.29 is 4.74 Å². The molecule has 0 radical (unpaired) electrons. The Morgan fingerprint density at radius 1 is 1.25 bits per heavy atom. The van der Waals surface area contributed by atoms with E-state index in [4.69, 9.17) is 39.4 Å². The van der Waals surface area contributed by atoms with Gasteiger partial charge >= 0.3 is 0 Å². The summed E-state index contributed by atoms with van der Waals surface area (Å²) in [6, 6.07) is 5.21. The Hall–Kier alpha value is -1.49. The normalized spacial score (nSPS) is 12.2. The third kappa shape index (κ3) is 3.33. The first-order valence-electron chi connectivity index (χ1n) is 6.04. The van der Waals surface area contributed by atoms with Gasteiger partial charge < -0.3 is 16.2 Å². The molecule has 0 aliphatic rings. The lowest BCUT2D eigenvalue weighted by atomic mass is 10.1. The molecule has 20 heavy (non-hydrogen) atoms. The summed E-state index contributed by atoms with van der Waals surface area (Å²) in [5.41, 5.74) is 13.9. The highest BCUT2D eigenvalue weighted by Crippen LogP contribution is 2.27. The standard InChI is InChI=1S/C14H15Cl2N3O/c1-8(17)10-4-9(2-3-14(10)18)20-7-11-12(15)5-19-6-13(11)16/h2-6,8H,7,17-18H2,1H3. The zero-order valence-corrected chi connectivity index (χ0v) is 12.4. The van der Waals surface area contributed by atoms with Crippen molar-refractivity contribution in [3.05, 3.63) is 51.8 Å². The van der Waals surface area contributed by atoms with Gasteiger partial charge in [-0.25, -0.2) is 0 Å². The highest BCUT2D eigenvalue weighted by Gasteiger charge is 2.09. The maximum atomic E-state index is 6.04. The van der Waals surface area contributed by atoms with Gasteiger partial charge in [-0.1, -0.05) is 23.2 Å². The van der Waals surface area contributed by atoms with Gasteiger partial charge in [0, 0.05) is 29.7 Å². The molecule has 1 atom stereocenters. The average Bonchev–Trinajstić information content (AvgIpc) is 2.39. The maximum Gasteiger partial charge on any atom is 0.120 e. The van der Waals surface area contributed by atoms with E-state index < -0.39 is 0 Å². The first-order valence-corrected chi connectivity index (χ1v) is 6.80. The third-order valence-corrected chi connectivity index (χ3v) is 3.54. The Morgan fingerprint density at radius 2 is 1.90 bits per heavy atom. The molecule has 106 valence electrons. The molecule has 0 aliphatic heterocycles. The summed E-state index contributed by atoms with van der Waals surface area (Å²) in [6.45, 7) is 2.12. The molecule has 0 spiro atoms. The predicted molar refractivity (Wildman–Crippen MR) is 82.0 cm³/mol. The van der Waals surface area contributed by atoms with Crippen molar-refractivity contribution in [3.63, 3.8) is 0 Å². The Kier molecular flexibility index (Phi) is 4.70. The van der Waals surface area contributed by atoms with Crippen LogP contribution in [0.1, 0.15) is 24.1 Å². The van der Waals surface area contributed by atoms with Gasteiger partial charge in [-0.15, -0.1) is 0 Å². The largest absolute Gasteiger partial charge is 0.489 e. The number of nitrogens with two attached hydrogens (primary N) is 2. The number of aromatic nitrogens is 1. The average molecular weight is 312 g/mol. The van der Waals surface area contributed by atoms with Crippen molar-refractivity contribution in [3.8, 4) is 5.75 Å². The number of rotatable bonds is 4. The van der Waals surface area contributed by atoms with Crippen LogP contribution < -0.4 is 16.2 Å². The summed E-state index contributed by atoms with van der Waals surface area (Å²) in [5.74, 6) is 0.662. The van der Waals surface area contributed by atoms with E-state index in [0.717, 1.165) is 5.56 Å². The lowest BCUT2D eigenvalue weighted by Gasteiger charge is -2.13. The number of benzene rings is 1. The first-order chi connectivity index (χ1) is 9.49. The van der Waals surface area contributed by atoms with Gasteiger partial charge in [-0.3, -0.25) is 4.98 Å². The van der Waals surface area contributed by atoms with Crippen LogP contribution in [0, 0.1) is 0 Å². The molecular weight excluding hydrogens is 297 g/mol. The number of ether oxygens (including phenoxy) is 1. The van der Waals surface area contributed by atoms with E-state index in [1.165, 1.54) is 12.4 Å². The molecule has 0 saturated carbocycles. The van der Waals surface area contributed by atoms with Crippen LogP contribution in [0.15, 0.2) is 30.6 Å². The molecule has 4 N–H and O–H groups in total. The van der Waals surface area contributed by atoms with Gasteiger partial charge in [-0.2, -0.15) is 0 Å². The molecule has 1 aromatic heterocycles. The van der Waals surface area contributed by atoms with Gasteiger partial charge in [0.1, 0.15) is 12.4 Å². The molecule has 2 aromatic rings. The Labute approximate surface area is 127 Å². The van der Waals surface area contributed by atoms with Crippen LogP contribution in [0.25, 0.3) is 0 Å². The van der Waals surface area contributed by atoms with E-state index in [1.807, 2.05) is 13.0 Å². The third-order valence-electron chi connectivity index (χ3n) is 2.88. The van der Waals surface area contributed by atoms with Crippen molar-refractivity contribution in [2.24, 2.45) is 5.73 Å². The summed E-state index contributed by atoms with van der Waals surface area (Å²) >= 11 is 12.1. The SMILES string of the molecule is CC(N)c1cc(OCc2c(Cl)cncc2Cl)ccc1N. The fraction of sp³-hybridized carbons (Fsp3) is 0.214. The predicted octanol–water partition coefficient (Wildman–Crippen LogP) is 3.57. The van der Waals surface area contributed by atoms with E-state index in [1.54, 1.807) is 12.1 Å². The molecular formula is C14H15Cl2N3O. The number of nitrogen functional groups attached to an aromatic ring is 1. The van der Waals surface area contributed by atoms with Crippen molar-refractivity contribution in [1.29, 1.82) is 0 Å². The topological polar surface area (TPSA) is 74.2 Å². The summed E-state index contributed by atoms with van der Waals surface area (Å²) in [5, 5.41) is 0.945. The van der Waals surface area contributed by atoms with Crippen LogP contribution in [-0.2, 0) is 6.61 Å². The van der Waals surface area contributed by atoms with Crippen molar-refractivity contribution in [2.75, 3.05) is 5.73 Å². The number of anilines is 1. The molecule has 0 saturated heterocycles. The number of nitrogens with zero attached hydrogens (tertiary/aromatic N) is 1. The van der Waals surface area contributed by atoms with E-state index in [-0.39, 0.29) is 12.6 Å². The summed E-state index contributed by atoms with van der Waals surface area (Å²) < 4.78 is 5.69. The second-order valence-electron chi connectivity index (χ2n) is 4.45. The fourth-order valence-electron chi connectivity index (χ4n) is 1.77. The monoisotopic (exact) mass is 311 g/mol. The van der Waals surface area contributed by atoms with E-state index in [0.29, 0.717) is 27.0 Å². The smallest absolute Gasteiger partial charge is 0.120 e. The van der Waals surface area contributed by atoms with Gasteiger partial charge in [-0.05, 0) is 30.7 Å². The van der Waals surface area contributed by atoms with Crippen LogP contribution >= 0.6 is 23.2 Å². The minimum Gasteiger partial charge on any atom is -0.489 e. The Bertz CT molecular complexity index is 597. The Morgan fingerprint density at radius 3 is 2.50 bits per heavy atom. The zero-order valence-electron chi connectivity index (χ0n) is 10.9. The van der Waals surface area contributed by atoms with E-state index in [2.05, 4.69) is 4.98 Å². The molecule has 6 heteroatoms. The van der Waals surface area contributed by atoms with Crippen LogP contribution in [-0.4, -0.2) is 4.98 Å². The van der Waals surface area contributed by atoms with E-state index >= 15 is 0 Å². The molecule has 0 fully saturated rings. The quantitative estimate of drug-likeness (QED) is 0.846. The molecule has 1 heterocycles. The summed E-state index contributed by atoms with van der Waals surface area (Å²) in [6.07, 6.45) is 3.06. The second kappa shape index (κ2) is 6.31. The molecule has 4 nitrogen and oxygen atoms in total. The lowest BCUT2D eigenvalue weighted by Crippen LogP contribution is -2.08. The molecule has 0 aliphatic carbocycles. The highest BCUT2D eigenvalue weighted by atomic mass is 35.5. The number of pyridine rings is 1. The molecule has 1 unspecified atom stereocenters. The zero-order chi connectivity index (χ0) is 14.7. The minimum atomic E-state index is -0.161. The maximum absolute atomic E-state index is 6.04. The number of hydrogen-bond acceptors (Lipinski definition) is 4. The van der Waals surface area contributed by atoms with Gasteiger partial charge in [0.05, 0.1) is 10.0 Å². The van der Waals surface area contributed by atoms with Gasteiger partial charge in [0.25, 0.3) is 0 Å². The number of hydrogen-bond donors (Lipinski definition) is 2. The van der Waals surface area contributed by atoms with Crippen LogP contribution in [0.3, 0.4) is 0 Å². The molecule has 2 rings (SSSR count). The van der Waals surface area contributed by atoms with Crippen molar-refractivity contribution in [1.82, 2.24) is 4.98 Å². The van der Waals surface area contributed by atoms with E-state index in [9.17, 15) is 0 Å². The Balaban J connectivity index is 2.17. The molecule has 1 aromatic carbocycles. The van der Waals surface area contributed by atoms with Crippen LogP contribution in [0.5, 0.6) is 5.75 Å². The van der Waals surface area contributed by atoms with Gasteiger partial charge in [0.15, 0.2) is 0 Å². The summed E-state index contributed by atoms with van der Waals surface area (Å²) in [4.78, 5) is 3.90. The number of halogens is 2. The van der Waals surface area contributed by atoms with Crippen molar-refractivity contribution >= 4 is 28.9 Å². The van der Waals surface area contributed by atoms with Crippen LogP contribution in [0.2, 0.25) is 10.0 Å². The first kappa shape index (κ1) is 14.9.